The highest BCUT2D eigenvalue weighted by molar-refractivity contribution is 5.59. The molecule has 0 bridgehead atoms. The van der Waals surface area contributed by atoms with Crippen molar-refractivity contribution in [2.45, 2.75) is 52.0 Å². The van der Waals surface area contributed by atoms with Crippen molar-refractivity contribution < 1.29 is 5.11 Å². The minimum atomic E-state index is 0.0239. The summed E-state index contributed by atoms with van der Waals surface area (Å²) in [5, 5.41) is 9.57. The Morgan fingerprint density at radius 2 is 1.89 bits per heavy atom. The van der Waals surface area contributed by atoms with Gasteiger partial charge < -0.3 is 10.0 Å². The lowest BCUT2D eigenvalue weighted by Gasteiger charge is -2.40. The molecular weight excluding hydrogens is 234 g/mol. The molecule has 1 aliphatic rings. The average Bonchev–Trinajstić information content (AvgIpc) is 2.62. The number of hydrogen-bond acceptors (Lipinski definition) is 2. The summed E-state index contributed by atoms with van der Waals surface area (Å²) in [6, 6.07) is 8.70. The summed E-state index contributed by atoms with van der Waals surface area (Å²) < 4.78 is 0. The fourth-order valence-electron chi connectivity index (χ4n) is 3.24. The van der Waals surface area contributed by atoms with Crippen LogP contribution in [0, 0.1) is 5.92 Å². The van der Waals surface area contributed by atoms with E-state index in [1.54, 1.807) is 0 Å². The highest BCUT2D eigenvalue weighted by atomic mass is 16.3. The van der Waals surface area contributed by atoms with Gasteiger partial charge >= 0.3 is 0 Å². The summed E-state index contributed by atoms with van der Waals surface area (Å²) in [4.78, 5) is 2.48. The minimum Gasteiger partial charge on any atom is -0.396 e. The van der Waals surface area contributed by atoms with E-state index in [4.69, 9.17) is 0 Å². The van der Waals surface area contributed by atoms with Crippen LogP contribution in [0.2, 0.25) is 0 Å². The van der Waals surface area contributed by atoms with Gasteiger partial charge in [-0.3, -0.25) is 0 Å². The predicted molar refractivity (Wildman–Crippen MR) is 81.8 cm³/mol. The molecule has 1 atom stereocenters. The van der Waals surface area contributed by atoms with Crippen molar-refractivity contribution in [3.8, 4) is 0 Å². The summed E-state index contributed by atoms with van der Waals surface area (Å²) >= 11 is 0. The molecule has 1 aliphatic heterocycles. The monoisotopic (exact) mass is 261 g/mol. The largest absolute Gasteiger partial charge is 0.396 e. The maximum Gasteiger partial charge on any atom is 0.0482 e. The SMILES string of the molecule is CC(C)(C)c1ccccc1N1CCC(CO)C1(C)C. The van der Waals surface area contributed by atoms with Gasteiger partial charge in [0.25, 0.3) is 0 Å². The Hall–Kier alpha value is -1.02. The number of nitrogens with zero attached hydrogens (tertiary/aromatic N) is 1. The van der Waals surface area contributed by atoms with Crippen molar-refractivity contribution in [3.05, 3.63) is 29.8 Å². The molecular formula is C17H27NO. The Labute approximate surface area is 117 Å². The molecule has 2 nitrogen and oxygen atoms in total. The van der Waals surface area contributed by atoms with Crippen LogP contribution in [0.1, 0.15) is 46.6 Å². The second-order valence-electron chi connectivity index (χ2n) is 7.24. The summed E-state index contributed by atoms with van der Waals surface area (Å²) in [7, 11) is 0. The predicted octanol–water partition coefficient (Wildman–Crippen LogP) is 3.58. The van der Waals surface area contributed by atoms with E-state index >= 15 is 0 Å². The summed E-state index contributed by atoms with van der Waals surface area (Å²) in [6.07, 6.45) is 1.07. The first-order chi connectivity index (χ1) is 8.78. The van der Waals surface area contributed by atoms with Crippen LogP contribution < -0.4 is 4.90 Å². The molecule has 2 heteroatoms. The minimum absolute atomic E-state index is 0.0239. The Bertz CT molecular complexity index is 445. The van der Waals surface area contributed by atoms with Crippen molar-refractivity contribution >= 4 is 5.69 Å². The van der Waals surface area contributed by atoms with E-state index in [0.29, 0.717) is 5.92 Å². The van der Waals surface area contributed by atoms with E-state index in [1.807, 2.05) is 0 Å². The van der Waals surface area contributed by atoms with Crippen molar-refractivity contribution in [3.63, 3.8) is 0 Å². The fraction of sp³-hybridized carbons (Fsp3) is 0.647. The van der Waals surface area contributed by atoms with Crippen molar-refractivity contribution in [2.75, 3.05) is 18.1 Å². The quantitative estimate of drug-likeness (QED) is 0.879. The third-order valence-electron chi connectivity index (χ3n) is 4.62. The van der Waals surface area contributed by atoms with Crippen LogP contribution in [0.5, 0.6) is 0 Å². The lowest BCUT2D eigenvalue weighted by Crippen LogP contribution is -2.44. The van der Waals surface area contributed by atoms with Crippen LogP contribution in [0.4, 0.5) is 5.69 Å². The Morgan fingerprint density at radius 3 is 2.42 bits per heavy atom. The number of anilines is 1. The van der Waals surface area contributed by atoms with E-state index in [-0.39, 0.29) is 17.6 Å². The zero-order chi connectivity index (χ0) is 14.3. The topological polar surface area (TPSA) is 23.5 Å². The Morgan fingerprint density at radius 1 is 1.26 bits per heavy atom. The number of aliphatic hydroxyl groups excluding tert-OH is 1. The zero-order valence-corrected chi connectivity index (χ0v) is 12.9. The maximum atomic E-state index is 9.57. The molecule has 0 aliphatic carbocycles. The molecule has 19 heavy (non-hydrogen) atoms. The molecule has 1 heterocycles. The molecule has 0 aromatic heterocycles. The Kier molecular flexibility index (Phi) is 3.65. The number of para-hydroxylation sites is 1. The molecule has 1 aromatic carbocycles. The summed E-state index contributed by atoms with van der Waals surface area (Å²) in [5.74, 6) is 0.362. The molecule has 2 rings (SSSR count). The number of benzene rings is 1. The van der Waals surface area contributed by atoms with Gasteiger partial charge in [0.2, 0.25) is 0 Å². The number of rotatable bonds is 2. The Balaban J connectivity index is 2.44. The molecule has 1 aromatic rings. The summed E-state index contributed by atoms with van der Waals surface area (Å²) in [5.41, 5.74) is 2.89. The van der Waals surface area contributed by atoms with Crippen molar-refractivity contribution in [1.29, 1.82) is 0 Å². The molecule has 0 spiro atoms. The summed E-state index contributed by atoms with van der Waals surface area (Å²) in [6.45, 7) is 12.6. The van der Waals surface area contributed by atoms with Gasteiger partial charge in [-0.15, -0.1) is 0 Å². The number of aliphatic hydroxyl groups is 1. The third-order valence-corrected chi connectivity index (χ3v) is 4.62. The van der Waals surface area contributed by atoms with Gasteiger partial charge in [0, 0.05) is 30.3 Å². The van der Waals surface area contributed by atoms with Crippen molar-refractivity contribution in [1.82, 2.24) is 0 Å². The van der Waals surface area contributed by atoms with Crippen LogP contribution in [0.15, 0.2) is 24.3 Å². The van der Waals surface area contributed by atoms with E-state index in [1.165, 1.54) is 11.3 Å². The third kappa shape index (κ3) is 2.51. The van der Waals surface area contributed by atoms with Gasteiger partial charge in [0.05, 0.1) is 0 Å². The average molecular weight is 261 g/mol. The maximum absolute atomic E-state index is 9.57. The van der Waals surface area contributed by atoms with E-state index in [0.717, 1.165) is 13.0 Å². The first-order valence-electron chi connectivity index (χ1n) is 7.26. The number of hydrogen-bond donors (Lipinski definition) is 1. The van der Waals surface area contributed by atoms with E-state index < -0.39 is 0 Å². The highest BCUT2D eigenvalue weighted by Gasteiger charge is 2.42. The van der Waals surface area contributed by atoms with E-state index in [2.05, 4.69) is 63.8 Å². The van der Waals surface area contributed by atoms with Gasteiger partial charge in [-0.25, -0.2) is 0 Å². The van der Waals surface area contributed by atoms with Crippen LogP contribution in [0.25, 0.3) is 0 Å². The molecule has 0 amide bonds. The normalized spacial score (nSPS) is 22.8. The zero-order valence-electron chi connectivity index (χ0n) is 12.9. The first-order valence-corrected chi connectivity index (χ1v) is 7.26. The van der Waals surface area contributed by atoms with Gasteiger partial charge in [-0.1, -0.05) is 39.0 Å². The van der Waals surface area contributed by atoms with Gasteiger partial charge in [-0.2, -0.15) is 0 Å². The van der Waals surface area contributed by atoms with Gasteiger partial charge in [0.1, 0.15) is 0 Å². The van der Waals surface area contributed by atoms with Crippen LogP contribution in [-0.4, -0.2) is 23.8 Å². The van der Waals surface area contributed by atoms with Crippen LogP contribution in [-0.2, 0) is 5.41 Å². The van der Waals surface area contributed by atoms with Crippen molar-refractivity contribution in [2.24, 2.45) is 5.92 Å². The first kappa shape index (κ1) is 14.4. The molecule has 106 valence electrons. The fourth-order valence-corrected chi connectivity index (χ4v) is 3.24. The lowest BCUT2D eigenvalue weighted by atomic mass is 9.84. The molecule has 1 unspecified atom stereocenters. The highest BCUT2D eigenvalue weighted by Crippen LogP contribution is 2.42. The molecule has 1 fully saturated rings. The van der Waals surface area contributed by atoms with Crippen LogP contribution in [0.3, 0.4) is 0 Å². The van der Waals surface area contributed by atoms with Gasteiger partial charge in [0.15, 0.2) is 0 Å². The second kappa shape index (κ2) is 4.82. The molecule has 0 radical (unpaired) electrons. The smallest absolute Gasteiger partial charge is 0.0482 e. The van der Waals surface area contributed by atoms with Gasteiger partial charge in [-0.05, 0) is 37.3 Å². The molecule has 1 N–H and O–H groups in total. The van der Waals surface area contributed by atoms with E-state index in [9.17, 15) is 5.11 Å². The van der Waals surface area contributed by atoms with Crippen LogP contribution >= 0.6 is 0 Å². The molecule has 1 saturated heterocycles. The second-order valence-corrected chi connectivity index (χ2v) is 7.24. The standard InChI is InChI=1S/C17H27NO/c1-16(2,3)14-8-6-7-9-15(14)18-11-10-13(12-19)17(18,4)5/h6-9,13,19H,10-12H2,1-5H3. The molecule has 0 saturated carbocycles. The lowest BCUT2D eigenvalue weighted by molar-refractivity contribution is 0.189.